The highest BCUT2D eigenvalue weighted by Crippen LogP contribution is 2.21. The summed E-state index contributed by atoms with van der Waals surface area (Å²) in [4.78, 5) is 9.99. The molecule has 106 valence electrons. The predicted octanol–water partition coefficient (Wildman–Crippen LogP) is 0.260. The normalized spacial score (nSPS) is 11.5. The van der Waals surface area contributed by atoms with E-state index in [9.17, 15) is 17.6 Å². The number of anilines is 1. The molecule has 0 radical (unpaired) electrons. The van der Waals surface area contributed by atoms with Crippen LogP contribution in [0.3, 0.4) is 0 Å². The summed E-state index contributed by atoms with van der Waals surface area (Å²) in [6, 6.07) is 2.13. The number of benzene rings is 1. The molecule has 0 atom stereocenters. The summed E-state index contributed by atoms with van der Waals surface area (Å²) in [5, 5.41) is 0. The molecule has 0 saturated heterocycles. The van der Waals surface area contributed by atoms with E-state index in [1.54, 1.807) is 6.92 Å². The molecular weight excluding hydrogens is 273 g/mol. The number of carbonyl (C=O) groups is 1. The van der Waals surface area contributed by atoms with E-state index in [0.29, 0.717) is 5.56 Å². The van der Waals surface area contributed by atoms with Gasteiger partial charge < -0.3 is 11.5 Å². The van der Waals surface area contributed by atoms with Crippen LogP contribution >= 0.6 is 0 Å². The van der Waals surface area contributed by atoms with Crippen LogP contribution in [-0.2, 0) is 14.8 Å². The van der Waals surface area contributed by atoms with Crippen molar-refractivity contribution >= 4 is 21.6 Å². The highest BCUT2D eigenvalue weighted by atomic mass is 32.2. The lowest BCUT2D eigenvalue weighted by Crippen LogP contribution is -2.26. The maximum absolute atomic E-state index is 13.6. The molecule has 0 spiro atoms. The summed E-state index contributed by atoms with van der Waals surface area (Å²) in [7, 11) is -3.99. The Morgan fingerprint density at radius 2 is 2.05 bits per heavy atom. The van der Waals surface area contributed by atoms with Crippen molar-refractivity contribution in [1.82, 2.24) is 4.72 Å². The number of nitrogen functional groups attached to an aromatic ring is 1. The number of primary amides is 1. The van der Waals surface area contributed by atoms with E-state index in [4.69, 9.17) is 11.5 Å². The minimum Gasteiger partial charge on any atom is -0.398 e. The zero-order chi connectivity index (χ0) is 14.6. The number of hydrogen-bond donors (Lipinski definition) is 3. The molecule has 1 aromatic carbocycles. The van der Waals surface area contributed by atoms with E-state index in [1.165, 1.54) is 0 Å². The van der Waals surface area contributed by atoms with Gasteiger partial charge in [-0.15, -0.1) is 0 Å². The van der Waals surface area contributed by atoms with Crippen LogP contribution in [0.1, 0.15) is 18.4 Å². The zero-order valence-corrected chi connectivity index (χ0v) is 11.3. The molecule has 0 heterocycles. The van der Waals surface area contributed by atoms with Crippen LogP contribution in [0.4, 0.5) is 10.1 Å². The second kappa shape index (κ2) is 5.98. The summed E-state index contributed by atoms with van der Waals surface area (Å²) in [5.74, 6) is -1.39. The predicted molar refractivity (Wildman–Crippen MR) is 69.2 cm³/mol. The second-order valence-corrected chi connectivity index (χ2v) is 5.84. The van der Waals surface area contributed by atoms with E-state index in [0.717, 1.165) is 12.1 Å². The van der Waals surface area contributed by atoms with Crippen molar-refractivity contribution in [3.05, 3.63) is 23.5 Å². The van der Waals surface area contributed by atoms with Gasteiger partial charge in [0.25, 0.3) is 0 Å². The van der Waals surface area contributed by atoms with Gasteiger partial charge in [0.05, 0.1) is 0 Å². The lowest BCUT2D eigenvalue weighted by atomic mass is 10.2. The molecule has 1 amide bonds. The molecular formula is C11H16FN3O3S. The summed E-state index contributed by atoms with van der Waals surface area (Å²) >= 11 is 0. The highest BCUT2D eigenvalue weighted by molar-refractivity contribution is 7.89. The van der Waals surface area contributed by atoms with Crippen molar-refractivity contribution in [2.24, 2.45) is 5.73 Å². The Kier molecular flexibility index (Phi) is 4.84. The first-order valence-electron chi connectivity index (χ1n) is 5.57. The fourth-order valence-corrected chi connectivity index (χ4v) is 2.59. The molecule has 1 rings (SSSR count). The van der Waals surface area contributed by atoms with E-state index in [1.807, 2.05) is 0 Å². The van der Waals surface area contributed by atoms with Crippen LogP contribution in [0.25, 0.3) is 0 Å². The van der Waals surface area contributed by atoms with Gasteiger partial charge in [0.2, 0.25) is 15.9 Å². The third-order valence-electron chi connectivity index (χ3n) is 2.50. The van der Waals surface area contributed by atoms with E-state index >= 15 is 0 Å². The summed E-state index contributed by atoms with van der Waals surface area (Å²) in [6.07, 6.45) is 0.304. The fraction of sp³-hybridized carbons (Fsp3) is 0.364. The lowest BCUT2D eigenvalue weighted by Gasteiger charge is -2.09. The Balaban J connectivity index is 2.83. The summed E-state index contributed by atoms with van der Waals surface area (Å²) in [5.41, 5.74) is 11.1. The summed E-state index contributed by atoms with van der Waals surface area (Å²) in [6.45, 7) is 1.58. The minimum absolute atomic E-state index is 0.00149. The Morgan fingerprint density at radius 1 is 1.42 bits per heavy atom. The average molecular weight is 289 g/mol. The highest BCUT2D eigenvalue weighted by Gasteiger charge is 2.19. The monoisotopic (exact) mass is 289 g/mol. The van der Waals surface area contributed by atoms with Crippen LogP contribution in [-0.4, -0.2) is 20.9 Å². The third-order valence-corrected chi connectivity index (χ3v) is 3.98. The summed E-state index contributed by atoms with van der Waals surface area (Å²) < 4.78 is 39.5. The molecule has 0 unspecified atom stereocenters. The van der Waals surface area contributed by atoms with E-state index in [2.05, 4.69) is 4.72 Å². The Hall–Kier alpha value is -1.67. The largest absolute Gasteiger partial charge is 0.398 e. The van der Waals surface area contributed by atoms with Crippen molar-refractivity contribution in [2.45, 2.75) is 24.7 Å². The van der Waals surface area contributed by atoms with Crippen LogP contribution in [0.15, 0.2) is 17.0 Å². The SMILES string of the molecule is Cc1cc(F)c(S(=O)(=O)NCCCC(N)=O)cc1N. The second-order valence-electron chi connectivity index (χ2n) is 4.11. The molecule has 0 aliphatic carbocycles. The van der Waals surface area contributed by atoms with Gasteiger partial charge in [-0.25, -0.2) is 17.5 Å². The van der Waals surface area contributed by atoms with Crippen molar-refractivity contribution < 1.29 is 17.6 Å². The van der Waals surface area contributed by atoms with E-state index in [-0.39, 0.29) is 25.1 Å². The first-order valence-corrected chi connectivity index (χ1v) is 7.06. The van der Waals surface area contributed by atoms with Gasteiger partial charge in [-0.3, -0.25) is 4.79 Å². The first-order chi connectivity index (χ1) is 8.74. The Morgan fingerprint density at radius 3 is 2.63 bits per heavy atom. The lowest BCUT2D eigenvalue weighted by molar-refractivity contribution is -0.118. The molecule has 8 heteroatoms. The maximum Gasteiger partial charge on any atom is 0.243 e. The van der Waals surface area contributed by atoms with Gasteiger partial charge in [0, 0.05) is 18.7 Å². The number of aryl methyl sites for hydroxylation is 1. The number of rotatable bonds is 6. The fourth-order valence-electron chi connectivity index (χ4n) is 1.42. The van der Waals surface area contributed by atoms with Crippen molar-refractivity contribution in [2.75, 3.05) is 12.3 Å². The Labute approximate surface area is 111 Å². The zero-order valence-electron chi connectivity index (χ0n) is 10.4. The molecule has 19 heavy (non-hydrogen) atoms. The number of nitrogens with two attached hydrogens (primary N) is 2. The van der Waals surface area contributed by atoms with Crippen molar-refractivity contribution in [1.29, 1.82) is 0 Å². The third kappa shape index (κ3) is 4.18. The smallest absolute Gasteiger partial charge is 0.243 e. The van der Waals surface area contributed by atoms with Crippen LogP contribution < -0.4 is 16.2 Å². The number of amides is 1. The Bertz CT molecular complexity index is 587. The van der Waals surface area contributed by atoms with Crippen LogP contribution in [0, 0.1) is 12.7 Å². The van der Waals surface area contributed by atoms with Gasteiger partial charge in [0.1, 0.15) is 10.7 Å². The molecule has 5 N–H and O–H groups in total. The van der Waals surface area contributed by atoms with Crippen molar-refractivity contribution in [3.63, 3.8) is 0 Å². The molecule has 0 aromatic heterocycles. The molecule has 0 aliphatic rings. The first kappa shape index (κ1) is 15.4. The minimum atomic E-state index is -3.99. The number of carbonyl (C=O) groups excluding carboxylic acids is 1. The molecule has 0 saturated carbocycles. The van der Waals surface area contributed by atoms with Gasteiger partial charge in [-0.1, -0.05) is 0 Å². The number of hydrogen-bond acceptors (Lipinski definition) is 4. The number of halogens is 1. The van der Waals surface area contributed by atoms with Gasteiger partial charge in [-0.05, 0) is 31.0 Å². The van der Waals surface area contributed by atoms with Crippen LogP contribution in [0.5, 0.6) is 0 Å². The van der Waals surface area contributed by atoms with Crippen LogP contribution in [0.2, 0.25) is 0 Å². The quantitative estimate of drug-likeness (QED) is 0.514. The standard InChI is InChI=1S/C11H16FN3O3S/c1-7-5-8(12)10(6-9(7)13)19(17,18)15-4-2-3-11(14)16/h5-6,15H,2-4,13H2,1H3,(H2,14,16). The van der Waals surface area contributed by atoms with Gasteiger partial charge in [0.15, 0.2) is 0 Å². The molecule has 0 aliphatic heterocycles. The maximum atomic E-state index is 13.6. The van der Waals surface area contributed by atoms with Crippen molar-refractivity contribution in [3.8, 4) is 0 Å². The molecule has 1 aromatic rings. The average Bonchev–Trinajstić information content (AvgIpc) is 2.29. The molecule has 6 nitrogen and oxygen atoms in total. The number of sulfonamides is 1. The van der Waals surface area contributed by atoms with E-state index < -0.39 is 26.6 Å². The number of nitrogens with one attached hydrogen (secondary N) is 1. The topological polar surface area (TPSA) is 115 Å². The molecule has 0 bridgehead atoms. The van der Waals surface area contributed by atoms with Gasteiger partial charge in [-0.2, -0.15) is 0 Å². The van der Waals surface area contributed by atoms with Gasteiger partial charge >= 0.3 is 0 Å². The molecule has 0 fully saturated rings.